The smallest absolute Gasteiger partial charge is 0.123 e. The molecule has 0 saturated carbocycles. The molecule has 17 heavy (non-hydrogen) atoms. The van der Waals surface area contributed by atoms with Crippen molar-refractivity contribution in [2.75, 3.05) is 26.9 Å². The summed E-state index contributed by atoms with van der Waals surface area (Å²) in [6, 6.07) is 5.70. The molecule has 0 saturated heterocycles. The normalized spacial score (nSPS) is 10.5. The van der Waals surface area contributed by atoms with E-state index in [-0.39, 0.29) is 0 Å². The summed E-state index contributed by atoms with van der Waals surface area (Å²) < 4.78 is 10.5. The second-order valence-corrected chi connectivity index (χ2v) is 4.14. The summed E-state index contributed by atoms with van der Waals surface area (Å²) in [6.45, 7) is 5.11. The number of halogens is 1. The fraction of sp³-hybridized carbons (Fsp3) is 0.538. The predicted octanol–water partition coefficient (Wildman–Crippen LogP) is 2.86. The van der Waals surface area contributed by atoms with Crippen LogP contribution in [0, 0.1) is 0 Å². The molecule has 0 spiro atoms. The van der Waals surface area contributed by atoms with Gasteiger partial charge < -0.3 is 14.8 Å². The Morgan fingerprint density at radius 3 is 2.88 bits per heavy atom. The van der Waals surface area contributed by atoms with Crippen LogP contribution in [-0.4, -0.2) is 26.9 Å². The number of rotatable bonds is 8. The van der Waals surface area contributed by atoms with E-state index in [1.807, 2.05) is 25.1 Å². The molecule has 4 heteroatoms. The second-order valence-electron chi connectivity index (χ2n) is 3.71. The highest BCUT2D eigenvalue weighted by Gasteiger charge is 2.03. The van der Waals surface area contributed by atoms with Gasteiger partial charge in [0.05, 0.1) is 6.61 Å². The van der Waals surface area contributed by atoms with Gasteiger partial charge in [-0.05, 0) is 38.1 Å². The number of nitrogens with one attached hydrogen (secondary N) is 1. The summed E-state index contributed by atoms with van der Waals surface area (Å²) in [5.74, 6) is 0.899. The van der Waals surface area contributed by atoms with E-state index >= 15 is 0 Å². The van der Waals surface area contributed by atoms with Crippen LogP contribution >= 0.6 is 11.6 Å². The third-order valence-corrected chi connectivity index (χ3v) is 2.57. The maximum atomic E-state index is 5.98. The molecule has 0 radical (unpaired) electrons. The molecular formula is C13H20ClNO2. The first-order valence-electron chi connectivity index (χ1n) is 5.88. The molecular weight excluding hydrogens is 238 g/mol. The number of methoxy groups -OCH3 is 1. The number of benzene rings is 1. The van der Waals surface area contributed by atoms with Crippen LogP contribution in [0.4, 0.5) is 0 Å². The minimum absolute atomic E-state index is 0.665. The summed E-state index contributed by atoms with van der Waals surface area (Å²) in [4.78, 5) is 0. The van der Waals surface area contributed by atoms with E-state index in [1.54, 1.807) is 7.11 Å². The van der Waals surface area contributed by atoms with Crippen molar-refractivity contribution in [2.24, 2.45) is 0 Å². The van der Waals surface area contributed by atoms with E-state index in [9.17, 15) is 0 Å². The molecule has 0 aliphatic rings. The lowest BCUT2D eigenvalue weighted by Gasteiger charge is -2.11. The van der Waals surface area contributed by atoms with Gasteiger partial charge >= 0.3 is 0 Å². The fourth-order valence-corrected chi connectivity index (χ4v) is 1.74. The molecule has 0 amide bonds. The maximum Gasteiger partial charge on any atom is 0.123 e. The molecule has 1 rings (SSSR count). The van der Waals surface area contributed by atoms with Crippen molar-refractivity contribution >= 4 is 11.6 Å². The average molecular weight is 258 g/mol. The van der Waals surface area contributed by atoms with Gasteiger partial charge in [0, 0.05) is 30.8 Å². The van der Waals surface area contributed by atoms with Crippen LogP contribution in [0.1, 0.15) is 18.9 Å². The molecule has 0 bridgehead atoms. The van der Waals surface area contributed by atoms with Gasteiger partial charge in [-0.3, -0.25) is 0 Å². The van der Waals surface area contributed by atoms with E-state index < -0.39 is 0 Å². The molecule has 0 atom stereocenters. The van der Waals surface area contributed by atoms with Crippen molar-refractivity contribution in [1.82, 2.24) is 5.32 Å². The predicted molar refractivity (Wildman–Crippen MR) is 70.8 cm³/mol. The Balaban J connectivity index is 2.47. The molecule has 96 valence electrons. The van der Waals surface area contributed by atoms with E-state index in [0.717, 1.165) is 42.5 Å². The number of ether oxygens (including phenoxy) is 2. The van der Waals surface area contributed by atoms with Crippen LogP contribution in [0.3, 0.4) is 0 Å². The zero-order valence-electron chi connectivity index (χ0n) is 10.5. The molecule has 1 aromatic carbocycles. The van der Waals surface area contributed by atoms with Gasteiger partial charge in [-0.1, -0.05) is 11.6 Å². The van der Waals surface area contributed by atoms with Crippen molar-refractivity contribution in [3.05, 3.63) is 28.8 Å². The molecule has 0 unspecified atom stereocenters. The van der Waals surface area contributed by atoms with Gasteiger partial charge in [-0.2, -0.15) is 0 Å². The zero-order chi connectivity index (χ0) is 12.5. The third kappa shape index (κ3) is 5.39. The summed E-state index contributed by atoms with van der Waals surface area (Å²) in [6.07, 6.45) is 1.00. The van der Waals surface area contributed by atoms with Crippen LogP contribution < -0.4 is 10.1 Å². The van der Waals surface area contributed by atoms with Crippen molar-refractivity contribution in [3.8, 4) is 5.75 Å². The lowest BCUT2D eigenvalue weighted by Crippen LogP contribution is -2.16. The SMILES string of the molecule is CCOc1ccc(Cl)cc1CNCCCOC. The molecule has 0 heterocycles. The van der Waals surface area contributed by atoms with E-state index in [2.05, 4.69) is 5.32 Å². The van der Waals surface area contributed by atoms with E-state index in [0.29, 0.717) is 6.61 Å². The van der Waals surface area contributed by atoms with Crippen LogP contribution in [0.5, 0.6) is 5.75 Å². The molecule has 1 N–H and O–H groups in total. The van der Waals surface area contributed by atoms with Gasteiger partial charge in [0.1, 0.15) is 5.75 Å². The Bertz CT molecular complexity index is 331. The Labute approximate surface area is 108 Å². The topological polar surface area (TPSA) is 30.5 Å². The zero-order valence-corrected chi connectivity index (χ0v) is 11.2. The Kier molecular flexibility index (Phi) is 7.01. The highest BCUT2D eigenvalue weighted by Crippen LogP contribution is 2.22. The van der Waals surface area contributed by atoms with Crippen LogP contribution in [-0.2, 0) is 11.3 Å². The maximum absolute atomic E-state index is 5.98. The van der Waals surface area contributed by atoms with Crippen molar-refractivity contribution in [3.63, 3.8) is 0 Å². The summed E-state index contributed by atoms with van der Waals surface area (Å²) in [5.41, 5.74) is 1.09. The van der Waals surface area contributed by atoms with Crippen LogP contribution in [0.15, 0.2) is 18.2 Å². The quantitative estimate of drug-likeness (QED) is 0.727. The lowest BCUT2D eigenvalue weighted by molar-refractivity contribution is 0.194. The molecule has 0 aliphatic carbocycles. The Hall–Kier alpha value is -0.770. The molecule has 0 aliphatic heterocycles. The standard InChI is InChI=1S/C13H20ClNO2/c1-3-17-13-6-5-12(14)9-11(13)10-15-7-4-8-16-2/h5-6,9,15H,3-4,7-8,10H2,1-2H3. The Morgan fingerprint density at radius 2 is 2.18 bits per heavy atom. The van der Waals surface area contributed by atoms with Gasteiger partial charge in [0.15, 0.2) is 0 Å². The average Bonchev–Trinajstić information content (AvgIpc) is 2.32. The van der Waals surface area contributed by atoms with E-state index in [1.165, 1.54) is 0 Å². The lowest BCUT2D eigenvalue weighted by atomic mass is 10.2. The monoisotopic (exact) mass is 257 g/mol. The van der Waals surface area contributed by atoms with Crippen molar-refractivity contribution < 1.29 is 9.47 Å². The minimum atomic E-state index is 0.665. The van der Waals surface area contributed by atoms with E-state index in [4.69, 9.17) is 21.1 Å². The molecule has 1 aromatic rings. The highest BCUT2D eigenvalue weighted by atomic mass is 35.5. The Morgan fingerprint density at radius 1 is 1.35 bits per heavy atom. The van der Waals surface area contributed by atoms with Gasteiger partial charge in [0.2, 0.25) is 0 Å². The minimum Gasteiger partial charge on any atom is -0.494 e. The summed E-state index contributed by atoms with van der Waals surface area (Å²) in [5, 5.41) is 4.08. The van der Waals surface area contributed by atoms with Crippen molar-refractivity contribution in [1.29, 1.82) is 0 Å². The largest absolute Gasteiger partial charge is 0.494 e. The summed E-state index contributed by atoms with van der Waals surface area (Å²) >= 11 is 5.98. The van der Waals surface area contributed by atoms with Crippen LogP contribution in [0.25, 0.3) is 0 Å². The van der Waals surface area contributed by atoms with Gasteiger partial charge in [0.25, 0.3) is 0 Å². The fourth-order valence-electron chi connectivity index (χ4n) is 1.55. The molecule has 0 aromatic heterocycles. The first kappa shape index (κ1) is 14.3. The van der Waals surface area contributed by atoms with Gasteiger partial charge in [-0.25, -0.2) is 0 Å². The summed E-state index contributed by atoms with van der Waals surface area (Å²) in [7, 11) is 1.71. The number of hydrogen-bond donors (Lipinski definition) is 1. The third-order valence-electron chi connectivity index (χ3n) is 2.34. The first-order valence-corrected chi connectivity index (χ1v) is 6.26. The number of hydrogen-bond acceptors (Lipinski definition) is 3. The molecule has 0 fully saturated rings. The van der Waals surface area contributed by atoms with Crippen molar-refractivity contribution in [2.45, 2.75) is 19.9 Å². The first-order chi connectivity index (χ1) is 8.27. The molecule has 3 nitrogen and oxygen atoms in total. The second kappa shape index (κ2) is 8.34. The highest BCUT2D eigenvalue weighted by molar-refractivity contribution is 6.30. The van der Waals surface area contributed by atoms with Crippen LogP contribution in [0.2, 0.25) is 5.02 Å². The van der Waals surface area contributed by atoms with Gasteiger partial charge in [-0.15, -0.1) is 0 Å².